The molecule has 0 atom stereocenters. The van der Waals surface area contributed by atoms with Crippen molar-refractivity contribution in [1.29, 1.82) is 0 Å². The third-order valence-electron chi connectivity index (χ3n) is 3.22. The van der Waals surface area contributed by atoms with E-state index in [2.05, 4.69) is 25.8 Å². The van der Waals surface area contributed by atoms with Gasteiger partial charge in [-0.15, -0.1) is 5.10 Å². The Morgan fingerprint density at radius 1 is 1.09 bits per heavy atom. The van der Waals surface area contributed by atoms with E-state index in [9.17, 15) is 4.39 Å². The first-order chi connectivity index (χ1) is 11.3. The maximum atomic E-state index is 13.5. The third-order valence-corrected chi connectivity index (χ3v) is 3.22. The van der Waals surface area contributed by atoms with E-state index in [-0.39, 0.29) is 5.82 Å². The maximum Gasteiger partial charge on any atom is 0.244 e. The van der Waals surface area contributed by atoms with Crippen molar-refractivity contribution in [3.8, 4) is 0 Å². The van der Waals surface area contributed by atoms with E-state index in [1.807, 2.05) is 18.2 Å². The van der Waals surface area contributed by atoms with Gasteiger partial charge >= 0.3 is 0 Å². The molecule has 0 saturated heterocycles. The minimum absolute atomic E-state index is 0.206. The topological polar surface area (TPSA) is 75.9 Å². The van der Waals surface area contributed by atoms with Gasteiger partial charge in [-0.2, -0.15) is 10.1 Å². The van der Waals surface area contributed by atoms with E-state index in [0.717, 1.165) is 5.76 Å². The first kappa shape index (κ1) is 15.0. The number of benzene rings is 1. The van der Waals surface area contributed by atoms with E-state index in [0.29, 0.717) is 36.8 Å². The minimum atomic E-state index is -0.206. The zero-order chi connectivity index (χ0) is 15.9. The lowest BCUT2D eigenvalue weighted by atomic mass is 10.1. The van der Waals surface area contributed by atoms with Crippen molar-refractivity contribution in [2.24, 2.45) is 0 Å². The molecular formula is C16H16FN5O. The van der Waals surface area contributed by atoms with E-state index in [1.165, 1.54) is 12.3 Å². The van der Waals surface area contributed by atoms with Crippen LogP contribution < -0.4 is 10.6 Å². The summed E-state index contributed by atoms with van der Waals surface area (Å²) in [5.41, 5.74) is 0.653. The van der Waals surface area contributed by atoms with Crippen molar-refractivity contribution in [3.05, 3.63) is 66.0 Å². The number of halogens is 1. The number of rotatable bonds is 7. The van der Waals surface area contributed by atoms with Gasteiger partial charge in [-0.25, -0.2) is 4.39 Å². The Morgan fingerprint density at radius 2 is 2.00 bits per heavy atom. The number of hydrogen-bond acceptors (Lipinski definition) is 6. The molecule has 0 unspecified atom stereocenters. The highest BCUT2D eigenvalue weighted by Crippen LogP contribution is 2.09. The second kappa shape index (κ2) is 7.35. The fraction of sp³-hybridized carbons (Fsp3) is 0.188. The summed E-state index contributed by atoms with van der Waals surface area (Å²) in [5, 5.41) is 13.9. The first-order valence-corrected chi connectivity index (χ1v) is 7.24. The van der Waals surface area contributed by atoms with Crippen LogP contribution in [0.2, 0.25) is 0 Å². The molecule has 0 spiro atoms. The quantitative estimate of drug-likeness (QED) is 0.698. The van der Waals surface area contributed by atoms with Gasteiger partial charge in [0.15, 0.2) is 5.82 Å². The molecule has 23 heavy (non-hydrogen) atoms. The highest BCUT2D eigenvalue weighted by Gasteiger charge is 2.03. The van der Waals surface area contributed by atoms with Crippen LogP contribution in [0.25, 0.3) is 0 Å². The van der Waals surface area contributed by atoms with Crippen molar-refractivity contribution in [1.82, 2.24) is 15.2 Å². The van der Waals surface area contributed by atoms with Gasteiger partial charge in [0.1, 0.15) is 11.6 Å². The lowest BCUT2D eigenvalue weighted by Gasteiger charge is -2.07. The van der Waals surface area contributed by atoms with Gasteiger partial charge < -0.3 is 15.1 Å². The second-order valence-corrected chi connectivity index (χ2v) is 4.87. The summed E-state index contributed by atoms with van der Waals surface area (Å²) in [6.45, 7) is 1.03. The second-order valence-electron chi connectivity index (χ2n) is 4.87. The number of furan rings is 1. The maximum absolute atomic E-state index is 13.5. The van der Waals surface area contributed by atoms with E-state index >= 15 is 0 Å². The zero-order valence-corrected chi connectivity index (χ0v) is 12.4. The van der Waals surface area contributed by atoms with Crippen molar-refractivity contribution >= 4 is 11.8 Å². The van der Waals surface area contributed by atoms with E-state index in [1.54, 1.807) is 18.4 Å². The molecule has 0 aliphatic heterocycles. The summed E-state index contributed by atoms with van der Waals surface area (Å²) in [4.78, 5) is 4.29. The summed E-state index contributed by atoms with van der Waals surface area (Å²) >= 11 is 0. The Balaban J connectivity index is 1.52. The molecule has 0 radical (unpaired) electrons. The Hall–Kier alpha value is -2.96. The molecule has 0 bridgehead atoms. The lowest BCUT2D eigenvalue weighted by molar-refractivity contribution is 0.517. The summed E-state index contributed by atoms with van der Waals surface area (Å²) in [6, 6.07) is 10.4. The fourth-order valence-electron chi connectivity index (χ4n) is 2.06. The molecule has 0 aliphatic rings. The molecule has 0 amide bonds. The summed E-state index contributed by atoms with van der Waals surface area (Å²) in [7, 11) is 0. The standard InChI is InChI=1S/C16H16FN5O/c17-14-6-2-1-4-12(14)7-8-18-16-21-15(11-20-22-16)19-10-13-5-3-9-23-13/h1-6,9,11H,7-8,10H2,(H2,18,19,21,22). The van der Waals surface area contributed by atoms with Crippen molar-refractivity contribution in [3.63, 3.8) is 0 Å². The van der Waals surface area contributed by atoms with Crippen LogP contribution in [-0.4, -0.2) is 21.7 Å². The number of nitrogens with one attached hydrogen (secondary N) is 2. The van der Waals surface area contributed by atoms with Gasteiger partial charge in [0, 0.05) is 6.54 Å². The van der Waals surface area contributed by atoms with Crippen molar-refractivity contribution in [2.45, 2.75) is 13.0 Å². The monoisotopic (exact) mass is 313 g/mol. The molecule has 6 nitrogen and oxygen atoms in total. The van der Waals surface area contributed by atoms with Crippen LogP contribution >= 0.6 is 0 Å². The largest absolute Gasteiger partial charge is 0.467 e. The van der Waals surface area contributed by atoms with Gasteiger partial charge in [0.2, 0.25) is 5.95 Å². The fourth-order valence-corrected chi connectivity index (χ4v) is 2.06. The van der Waals surface area contributed by atoms with Crippen LogP contribution in [-0.2, 0) is 13.0 Å². The Bertz CT molecular complexity index is 748. The zero-order valence-electron chi connectivity index (χ0n) is 12.4. The van der Waals surface area contributed by atoms with Crippen LogP contribution in [0.5, 0.6) is 0 Å². The van der Waals surface area contributed by atoms with E-state index < -0.39 is 0 Å². The molecule has 2 heterocycles. The molecule has 0 saturated carbocycles. The van der Waals surface area contributed by atoms with Gasteiger partial charge in [-0.05, 0) is 30.2 Å². The first-order valence-electron chi connectivity index (χ1n) is 7.24. The van der Waals surface area contributed by atoms with Crippen LogP contribution in [0, 0.1) is 5.82 Å². The van der Waals surface area contributed by atoms with Crippen LogP contribution in [0.3, 0.4) is 0 Å². The predicted octanol–water partition coefficient (Wildman–Crippen LogP) is 2.87. The minimum Gasteiger partial charge on any atom is -0.467 e. The summed E-state index contributed by atoms with van der Waals surface area (Å²) in [5.74, 6) is 1.58. The Kier molecular flexibility index (Phi) is 4.78. The SMILES string of the molecule is Fc1ccccc1CCNc1nncc(NCc2ccco2)n1. The van der Waals surface area contributed by atoms with Crippen molar-refractivity contribution < 1.29 is 8.81 Å². The highest BCUT2D eigenvalue weighted by molar-refractivity contribution is 5.37. The number of aromatic nitrogens is 3. The molecular weight excluding hydrogens is 297 g/mol. The average Bonchev–Trinajstić information content (AvgIpc) is 3.09. The molecule has 0 aliphatic carbocycles. The molecule has 3 aromatic rings. The highest BCUT2D eigenvalue weighted by atomic mass is 19.1. The predicted molar refractivity (Wildman–Crippen MR) is 84.5 cm³/mol. The normalized spacial score (nSPS) is 10.5. The van der Waals surface area contributed by atoms with Gasteiger partial charge in [-0.1, -0.05) is 18.2 Å². The summed E-state index contributed by atoms with van der Waals surface area (Å²) < 4.78 is 18.8. The third kappa shape index (κ3) is 4.26. The van der Waals surface area contributed by atoms with Crippen LogP contribution in [0.4, 0.5) is 16.2 Å². The molecule has 1 aromatic carbocycles. The van der Waals surface area contributed by atoms with Crippen LogP contribution in [0.1, 0.15) is 11.3 Å². The lowest BCUT2D eigenvalue weighted by Crippen LogP contribution is -2.11. The van der Waals surface area contributed by atoms with E-state index in [4.69, 9.17) is 4.42 Å². The molecule has 2 N–H and O–H groups in total. The van der Waals surface area contributed by atoms with Crippen molar-refractivity contribution in [2.75, 3.05) is 17.2 Å². The Labute approximate surface area is 132 Å². The molecule has 2 aromatic heterocycles. The Morgan fingerprint density at radius 3 is 2.83 bits per heavy atom. The average molecular weight is 313 g/mol. The number of anilines is 2. The number of nitrogens with zero attached hydrogens (tertiary/aromatic N) is 3. The number of hydrogen-bond donors (Lipinski definition) is 2. The molecule has 118 valence electrons. The molecule has 3 rings (SSSR count). The van der Waals surface area contributed by atoms with Gasteiger partial charge in [0.25, 0.3) is 0 Å². The summed E-state index contributed by atoms with van der Waals surface area (Å²) in [6.07, 6.45) is 3.69. The van der Waals surface area contributed by atoms with Crippen LogP contribution in [0.15, 0.2) is 53.3 Å². The van der Waals surface area contributed by atoms with Gasteiger partial charge in [0.05, 0.1) is 19.0 Å². The molecule has 7 heteroatoms. The smallest absolute Gasteiger partial charge is 0.244 e. The van der Waals surface area contributed by atoms with Gasteiger partial charge in [-0.3, -0.25) is 0 Å². The molecule has 0 fully saturated rings.